The number of Topliss-reactive ketones (excluding diaryl/α,β-unsaturated/α-hetero) is 1. The largest absolute Gasteiger partial charge is 0.293 e. The molecule has 0 bridgehead atoms. The molecular weight excluding hydrogens is 198 g/mol. The number of fused-ring (bicyclic) bond motifs is 1. The van der Waals surface area contributed by atoms with Gasteiger partial charge in [0.2, 0.25) is 0 Å². The van der Waals surface area contributed by atoms with Crippen molar-refractivity contribution >= 4 is 16.7 Å². The van der Waals surface area contributed by atoms with Crippen molar-refractivity contribution in [2.24, 2.45) is 0 Å². The Morgan fingerprint density at radius 3 is 2.31 bits per heavy atom. The molecule has 0 radical (unpaired) electrons. The third kappa shape index (κ3) is 1.71. The summed E-state index contributed by atoms with van der Waals surface area (Å²) in [6.07, 6.45) is 0. The number of aromatic nitrogens is 1. The Bertz CT molecular complexity index is 585. The maximum Gasteiger partial charge on any atom is 0.178 e. The van der Waals surface area contributed by atoms with Gasteiger partial charge < -0.3 is 0 Å². The number of ketones is 1. The number of carbonyl (C=O) groups is 1. The van der Waals surface area contributed by atoms with E-state index in [1.54, 1.807) is 6.92 Å². The first kappa shape index (κ1) is 10.8. The molecule has 2 aromatic rings. The van der Waals surface area contributed by atoms with Crippen LogP contribution in [0.2, 0.25) is 0 Å². The van der Waals surface area contributed by atoms with E-state index in [2.05, 4.69) is 18.0 Å². The van der Waals surface area contributed by atoms with Gasteiger partial charge in [0, 0.05) is 12.3 Å². The van der Waals surface area contributed by atoms with Gasteiger partial charge in [0.25, 0.3) is 0 Å². The summed E-state index contributed by atoms with van der Waals surface area (Å²) in [6, 6.07) is 6.04. The van der Waals surface area contributed by atoms with Crippen molar-refractivity contribution in [3.8, 4) is 0 Å². The number of rotatable bonds is 1. The number of pyridine rings is 1. The van der Waals surface area contributed by atoms with Gasteiger partial charge in [-0.1, -0.05) is 6.07 Å². The van der Waals surface area contributed by atoms with Crippen LogP contribution in [0.4, 0.5) is 0 Å². The molecule has 0 unspecified atom stereocenters. The molecule has 0 saturated heterocycles. The highest BCUT2D eigenvalue weighted by atomic mass is 16.1. The highest BCUT2D eigenvalue weighted by Gasteiger charge is 2.08. The predicted octanol–water partition coefficient (Wildman–Crippen LogP) is 3.36. The van der Waals surface area contributed by atoms with Gasteiger partial charge in [-0.05, 0) is 49.6 Å². The zero-order valence-corrected chi connectivity index (χ0v) is 10.1. The van der Waals surface area contributed by atoms with Crippen LogP contribution in [0.25, 0.3) is 10.9 Å². The standard InChI is InChI=1S/C14H15NO/c1-8-5-9(2)14-10(3)7-12(11(4)16)15-13(14)6-8/h5-7H,1-4H3. The van der Waals surface area contributed by atoms with Crippen LogP contribution in [0.5, 0.6) is 0 Å². The molecule has 0 amide bonds. The molecule has 2 heteroatoms. The smallest absolute Gasteiger partial charge is 0.178 e. The fraction of sp³-hybridized carbons (Fsp3) is 0.286. The van der Waals surface area contributed by atoms with E-state index >= 15 is 0 Å². The molecular formula is C14H15NO. The van der Waals surface area contributed by atoms with Gasteiger partial charge in [-0.15, -0.1) is 0 Å². The van der Waals surface area contributed by atoms with Crippen molar-refractivity contribution in [1.82, 2.24) is 4.98 Å². The van der Waals surface area contributed by atoms with Gasteiger partial charge in [-0.3, -0.25) is 4.79 Å². The average molecular weight is 213 g/mol. The highest BCUT2D eigenvalue weighted by molar-refractivity contribution is 5.96. The van der Waals surface area contributed by atoms with Crippen molar-refractivity contribution in [2.75, 3.05) is 0 Å². The minimum atomic E-state index is 0.0177. The van der Waals surface area contributed by atoms with Gasteiger partial charge in [0.05, 0.1) is 5.52 Å². The molecule has 0 fully saturated rings. The molecule has 0 atom stereocenters. The third-order valence-corrected chi connectivity index (χ3v) is 2.81. The molecule has 0 N–H and O–H groups in total. The number of nitrogens with zero attached hydrogens (tertiary/aromatic N) is 1. The van der Waals surface area contributed by atoms with Crippen molar-refractivity contribution < 1.29 is 4.79 Å². The van der Waals surface area contributed by atoms with Crippen LogP contribution in [0.3, 0.4) is 0 Å². The first-order valence-electron chi connectivity index (χ1n) is 5.38. The molecule has 82 valence electrons. The van der Waals surface area contributed by atoms with Gasteiger partial charge >= 0.3 is 0 Å². The van der Waals surface area contributed by atoms with Crippen LogP contribution in [0.1, 0.15) is 34.1 Å². The summed E-state index contributed by atoms with van der Waals surface area (Å²) in [5.74, 6) is 0.0177. The van der Waals surface area contributed by atoms with Crippen molar-refractivity contribution in [3.05, 3.63) is 40.6 Å². The molecule has 1 aromatic carbocycles. The summed E-state index contributed by atoms with van der Waals surface area (Å²) < 4.78 is 0. The van der Waals surface area contributed by atoms with Gasteiger partial charge in [-0.2, -0.15) is 0 Å². The van der Waals surface area contributed by atoms with E-state index in [4.69, 9.17) is 0 Å². The minimum Gasteiger partial charge on any atom is -0.293 e. The number of benzene rings is 1. The predicted molar refractivity (Wildman–Crippen MR) is 66.0 cm³/mol. The quantitative estimate of drug-likeness (QED) is 0.680. The van der Waals surface area contributed by atoms with Gasteiger partial charge in [-0.25, -0.2) is 4.98 Å². The molecule has 2 nitrogen and oxygen atoms in total. The Hall–Kier alpha value is -1.70. The zero-order chi connectivity index (χ0) is 11.9. The van der Waals surface area contributed by atoms with Crippen molar-refractivity contribution in [2.45, 2.75) is 27.7 Å². The molecule has 0 aliphatic heterocycles. The molecule has 0 saturated carbocycles. The fourth-order valence-corrected chi connectivity index (χ4v) is 2.17. The molecule has 1 aromatic heterocycles. The first-order valence-corrected chi connectivity index (χ1v) is 5.38. The monoisotopic (exact) mass is 213 g/mol. The molecule has 0 aliphatic carbocycles. The lowest BCUT2D eigenvalue weighted by Crippen LogP contribution is -1.99. The summed E-state index contributed by atoms with van der Waals surface area (Å²) in [7, 11) is 0. The van der Waals surface area contributed by atoms with E-state index in [9.17, 15) is 4.79 Å². The fourth-order valence-electron chi connectivity index (χ4n) is 2.17. The van der Waals surface area contributed by atoms with Crippen LogP contribution < -0.4 is 0 Å². The van der Waals surface area contributed by atoms with E-state index < -0.39 is 0 Å². The number of hydrogen-bond donors (Lipinski definition) is 0. The van der Waals surface area contributed by atoms with Crippen LogP contribution in [-0.4, -0.2) is 10.8 Å². The van der Waals surface area contributed by atoms with Gasteiger partial charge in [0.15, 0.2) is 5.78 Å². The van der Waals surface area contributed by atoms with Crippen LogP contribution in [-0.2, 0) is 0 Å². The summed E-state index contributed by atoms with van der Waals surface area (Å²) in [5, 5.41) is 1.16. The molecule has 2 rings (SSSR count). The number of carbonyl (C=O) groups excluding carboxylic acids is 1. The average Bonchev–Trinajstić information content (AvgIpc) is 2.15. The minimum absolute atomic E-state index is 0.0177. The Kier molecular flexibility index (Phi) is 2.50. The van der Waals surface area contributed by atoms with Crippen molar-refractivity contribution in [1.29, 1.82) is 0 Å². The first-order chi connectivity index (χ1) is 7.49. The molecule has 16 heavy (non-hydrogen) atoms. The van der Waals surface area contributed by atoms with E-state index in [0.717, 1.165) is 16.5 Å². The number of aryl methyl sites for hydroxylation is 3. The maximum absolute atomic E-state index is 11.3. The van der Waals surface area contributed by atoms with Crippen LogP contribution in [0, 0.1) is 20.8 Å². The van der Waals surface area contributed by atoms with E-state index in [0.29, 0.717) is 5.69 Å². The van der Waals surface area contributed by atoms with Gasteiger partial charge in [0.1, 0.15) is 5.69 Å². The summed E-state index contributed by atoms with van der Waals surface area (Å²) in [5.41, 5.74) is 4.98. The lowest BCUT2D eigenvalue weighted by molar-refractivity contribution is 0.101. The second kappa shape index (κ2) is 3.71. The lowest BCUT2D eigenvalue weighted by Gasteiger charge is -2.08. The summed E-state index contributed by atoms with van der Waals surface area (Å²) >= 11 is 0. The Morgan fingerprint density at radius 2 is 1.69 bits per heavy atom. The normalized spacial score (nSPS) is 10.8. The lowest BCUT2D eigenvalue weighted by atomic mass is 10.0. The SMILES string of the molecule is CC(=O)c1cc(C)c2c(C)cc(C)cc2n1. The highest BCUT2D eigenvalue weighted by Crippen LogP contribution is 2.23. The summed E-state index contributed by atoms with van der Waals surface area (Å²) in [6.45, 7) is 7.70. The maximum atomic E-state index is 11.3. The number of hydrogen-bond acceptors (Lipinski definition) is 2. The molecule has 0 aliphatic rings. The van der Waals surface area contributed by atoms with E-state index in [1.165, 1.54) is 11.1 Å². The van der Waals surface area contributed by atoms with Crippen LogP contribution >= 0.6 is 0 Å². The topological polar surface area (TPSA) is 30.0 Å². The Balaban J connectivity index is 2.87. The zero-order valence-electron chi connectivity index (χ0n) is 10.1. The second-order valence-corrected chi connectivity index (χ2v) is 4.36. The van der Waals surface area contributed by atoms with Crippen molar-refractivity contribution in [3.63, 3.8) is 0 Å². The van der Waals surface area contributed by atoms with E-state index in [-0.39, 0.29) is 5.78 Å². The Morgan fingerprint density at radius 1 is 1.06 bits per heavy atom. The molecule has 0 spiro atoms. The van der Waals surface area contributed by atoms with Crippen LogP contribution in [0.15, 0.2) is 18.2 Å². The Labute approximate surface area is 95.3 Å². The molecule has 1 heterocycles. The summed E-state index contributed by atoms with van der Waals surface area (Å²) in [4.78, 5) is 15.8. The second-order valence-electron chi connectivity index (χ2n) is 4.36. The third-order valence-electron chi connectivity index (χ3n) is 2.81. The van der Waals surface area contributed by atoms with E-state index in [1.807, 2.05) is 26.0 Å².